The van der Waals surface area contributed by atoms with E-state index in [-0.39, 0.29) is 0 Å². The molecule has 100 valence electrons. The van der Waals surface area contributed by atoms with Gasteiger partial charge in [-0.25, -0.2) is 0 Å². The molecule has 2 N–H and O–H groups in total. The summed E-state index contributed by atoms with van der Waals surface area (Å²) in [6, 6.07) is 13.2. The number of thiophene rings is 1. The molecule has 0 radical (unpaired) electrons. The zero-order chi connectivity index (χ0) is 13.9. The minimum absolute atomic E-state index is 0.401. The Labute approximate surface area is 119 Å². The van der Waals surface area contributed by atoms with Gasteiger partial charge < -0.3 is 10.5 Å². The van der Waals surface area contributed by atoms with Crippen molar-refractivity contribution in [2.75, 3.05) is 0 Å². The number of amides is 1. The van der Waals surface area contributed by atoms with Gasteiger partial charge in [-0.05, 0) is 41.8 Å². The molecule has 0 fully saturated rings. The van der Waals surface area contributed by atoms with Crippen LogP contribution in [0.25, 0.3) is 10.1 Å². The molecule has 3 aromatic rings. The standard InChI is InChI=1S/C15H12N2O2S/c16-15(18)14-8-10-7-12(4-5-13(10)20-14)19-9-11-3-1-2-6-17-11/h1-8H,9H2,(H2,16,18). The van der Waals surface area contributed by atoms with Crippen LogP contribution in [0.4, 0.5) is 0 Å². The SMILES string of the molecule is NC(=O)c1cc2cc(OCc3ccccn3)ccc2s1. The van der Waals surface area contributed by atoms with E-state index >= 15 is 0 Å². The van der Waals surface area contributed by atoms with Gasteiger partial charge >= 0.3 is 0 Å². The van der Waals surface area contributed by atoms with E-state index in [1.54, 1.807) is 12.3 Å². The van der Waals surface area contributed by atoms with Crippen molar-refractivity contribution in [2.45, 2.75) is 6.61 Å². The van der Waals surface area contributed by atoms with Crippen molar-refractivity contribution in [3.63, 3.8) is 0 Å². The number of ether oxygens (including phenoxy) is 1. The zero-order valence-electron chi connectivity index (χ0n) is 10.6. The fourth-order valence-corrected chi connectivity index (χ4v) is 2.77. The Kier molecular flexibility index (Phi) is 3.35. The molecule has 0 saturated heterocycles. The molecule has 0 saturated carbocycles. The first-order valence-corrected chi connectivity index (χ1v) is 6.90. The van der Waals surface area contributed by atoms with Crippen LogP contribution in [0.5, 0.6) is 5.75 Å². The molecule has 2 aromatic heterocycles. The van der Waals surface area contributed by atoms with Crippen molar-refractivity contribution < 1.29 is 9.53 Å². The summed E-state index contributed by atoms with van der Waals surface area (Å²) in [6.07, 6.45) is 1.74. The lowest BCUT2D eigenvalue weighted by Crippen LogP contribution is -2.07. The van der Waals surface area contributed by atoms with Gasteiger partial charge in [-0.2, -0.15) is 0 Å². The van der Waals surface area contributed by atoms with Crippen molar-refractivity contribution in [1.29, 1.82) is 0 Å². The van der Waals surface area contributed by atoms with Gasteiger partial charge in [0.2, 0.25) is 0 Å². The van der Waals surface area contributed by atoms with Crippen LogP contribution in [0.15, 0.2) is 48.7 Å². The predicted octanol–water partition coefficient (Wildman–Crippen LogP) is 2.97. The molecular formula is C15H12N2O2S. The fourth-order valence-electron chi connectivity index (χ4n) is 1.87. The van der Waals surface area contributed by atoms with Crippen LogP contribution in [-0.4, -0.2) is 10.9 Å². The highest BCUT2D eigenvalue weighted by atomic mass is 32.1. The average molecular weight is 284 g/mol. The van der Waals surface area contributed by atoms with Crippen LogP contribution in [-0.2, 0) is 6.61 Å². The van der Waals surface area contributed by atoms with Gasteiger partial charge in [0.05, 0.1) is 10.6 Å². The van der Waals surface area contributed by atoms with Crippen LogP contribution in [0, 0.1) is 0 Å². The van der Waals surface area contributed by atoms with Gasteiger partial charge in [-0.3, -0.25) is 9.78 Å². The predicted molar refractivity (Wildman–Crippen MR) is 78.9 cm³/mol. The third-order valence-corrected chi connectivity index (χ3v) is 3.97. The number of nitrogens with two attached hydrogens (primary N) is 1. The second-order valence-corrected chi connectivity index (χ2v) is 5.37. The maximum atomic E-state index is 11.2. The second-order valence-electron chi connectivity index (χ2n) is 4.28. The Morgan fingerprint density at radius 1 is 1.25 bits per heavy atom. The largest absolute Gasteiger partial charge is 0.487 e. The Hall–Kier alpha value is -2.40. The first-order chi connectivity index (χ1) is 9.72. The Morgan fingerprint density at radius 3 is 2.90 bits per heavy atom. The van der Waals surface area contributed by atoms with E-state index in [0.717, 1.165) is 21.5 Å². The van der Waals surface area contributed by atoms with Gasteiger partial charge in [0.25, 0.3) is 5.91 Å². The third-order valence-electron chi connectivity index (χ3n) is 2.84. The summed E-state index contributed by atoms with van der Waals surface area (Å²) in [7, 11) is 0. The molecule has 20 heavy (non-hydrogen) atoms. The topological polar surface area (TPSA) is 65.2 Å². The van der Waals surface area contributed by atoms with E-state index in [9.17, 15) is 4.79 Å². The maximum Gasteiger partial charge on any atom is 0.258 e. The molecular weight excluding hydrogens is 272 g/mol. The molecule has 0 atom stereocenters. The van der Waals surface area contributed by atoms with Gasteiger partial charge in [-0.15, -0.1) is 11.3 Å². The number of fused-ring (bicyclic) bond motifs is 1. The van der Waals surface area contributed by atoms with E-state index in [1.165, 1.54) is 11.3 Å². The van der Waals surface area contributed by atoms with Crippen LogP contribution in [0.2, 0.25) is 0 Å². The van der Waals surface area contributed by atoms with Gasteiger partial charge in [0, 0.05) is 10.9 Å². The molecule has 1 aromatic carbocycles. The molecule has 2 heterocycles. The Bertz CT molecular complexity index is 753. The average Bonchev–Trinajstić information content (AvgIpc) is 2.89. The molecule has 0 spiro atoms. The number of carbonyl (C=O) groups is 1. The minimum Gasteiger partial charge on any atom is -0.487 e. The lowest BCUT2D eigenvalue weighted by Gasteiger charge is -2.05. The highest BCUT2D eigenvalue weighted by Crippen LogP contribution is 2.29. The van der Waals surface area contributed by atoms with E-state index in [2.05, 4.69) is 4.98 Å². The summed E-state index contributed by atoms with van der Waals surface area (Å²) in [6.45, 7) is 0.416. The first kappa shape index (κ1) is 12.6. The molecule has 4 nitrogen and oxygen atoms in total. The maximum absolute atomic E-state index is 11.2. The molecule has 0 aliphatic heterocycles. The summed E-state index contributed by atoms with van der Waals surface area (Å²) in [5.74, 6) is 0.346. The second kappa shape index (κ2) is 5.30. The Morgan fingerprint density at radius 2 is 2.15 bits per heavy atom. The molecule has 0 bridgehead atoms. The van der Waals surface area contributed by atoms with Crippen molar-refractivity contribution in [2.24, 2.45) is 5.73 Å². The fraction of sp³-hybridized carbons (Fsp3) is 0.0667. The molecule has 0 aliphatic carbocycles. The van der Waals surface area contributed by atoms with Crippen LogP contribution in [0.1, 0.15) is 15.4 Å². The molecule has 3 rings (SSSR count). The number of hydrogen-bond acceptors (Lipinski definition) is 4. The van der Waals surface area contributed by atoms with Crippen molar-refractivity contribution in [1.82, 2.24) is 4.98 Å². The normalized spacial score (nSPS) is 10.6. The van der Waals surface area contributed by atoms with E-state index < -0.39 is 5.91 Å². The summed E-state index contributed by atoms with van der Waals surface area (Å²) in [5.41, 5.74) is 6.15. The van der Waals surface area contributed by atoms with Crippen LogP contribution < -0.4 is 10.5 Å². The number of aromatic nitrogens is 1. The molecule has 0 aliphatic rings. The van der Waals surface area contributed by atoms with Crippen LogP contribution in [0.3, 0.4) is 0 Å². The van der Waals surface area contributed by atoms with Gasteiger partial charge in [0.1, 0.15) is 12.4 Å². The number of nitrogens with zero attached hydrogens (tertiary/aromatic N) is 1. The quantitative estimate of drug-likeness (QED) is 0.801. The van der Waals surface area contributed by atoms with E-state index in [1.807, 2.05) is 36.4 Å². The lowest BCUT2D eigenvalue weighted by molar-refractivity contribution is 0.100. The van der Waals surface area contributed by atoms with Gasteiger partial charge in [0.15, 0.2) is 0 Å². The van der Waals surface area contributed by atoms with Gasteiger partial charge in [-0.1, -0.05) is 6.07 Å². The van der Waals surface area contributed by atoms with Crippen molar-refractivity contribution in [3.8, 4) is 5.75 Å². The highest BCUT2D eigenvalue weighted by molar-refractivity contribution is 7.20. The van der Waals surface area contributed by atoms with Crippen molar-refractivity contribution in [3.05, 3.63) is 59.2 Å². The molecule has 0 unspecified atom stereocenters. The first-order valence-electron chi connectivity index (χ1n) is 6.08. The van der Waals surface area contributed by atoms with E-state index in [0.29, 0.717) is 11.5 Å². The molecule has 5 heteroatoms. The number of hydrogen-bond donors (Lipinski definition) is 1. The number of primary amides is 1. The number of pyridine rings is 1. The molecule has 1 amide bonds. The summed E-state index contributed by atoms with van der Waals surface area (Å²) >= 11 is 1.39. The number of rotatable bonds is 4. The monoisotopic (exact) mass is 284 g/mol. The van der Waals surface area contributed by atoms with E-state index in [4.69, 9.17) is 10.5 Å². The van der Waals surface area contributed by atoms with Crippen molar-refractivity contribution >= 4 is 27.3 Å². The number of benzene rings is 1. The summed E-state index contributed by atoms with van der Waals surface area (Å²) in [4.78, 5) is 15.9. The smallest absolute Gasteiger partial charge is 0.258 e. The third kappa shape index (κ3) is 2.62. The number of carbonyl (C=O) groups excluding carboxylic acids is 1. The minimum atomic E-state index is -0.401. The zero-order valence-corrected chi connectivity index (χ0v) is 11.4. The highest BCUT2D eigenvalue weighted by Gasteiger charge is 2.07. The summed E-state index contributed by atoms with van der Waals surface area (Å²) < 4.78 is 6.71. The lowest BCUT2D eigenvalue weighted by atomic mass is 10.2. The Balaban J connectivity index is 1.80. The van der Waals surface area contributed by atoms with Crippen LogP contribution >= 0.6 is 11.3 Å². The summed E-state index contributed by atoms with van der Waals surface area (Å²) in [5, 5.41) is 0.960.